The summed E-state index contributed by atoms with van der Waals surface area (Å²) in [5.41, 5.74) is -2.27. The number of amides is 1. The van der Waals surface area contributed by atoms with Gasteiger partial charge in [-0.3, -0.25) is 9.69 Å². The van der Waals surface area contributed by atoms with Crippen molar-refractivity contribution in [2.24, 2.45) is 5.73 Å². The number of alkyl halides is 7. The van der Waals surface area contributed by atoms with Crippen LogP contribution >= 0.6 is 0 Å². The van der Waals surface area contributed by atoms with E-state index < -0.39 is 62.0 Å². The Hall–Kier alpha value is -2.74. The van der Waals surface area contributed by atoms with Gasteiger partial charge in [-0.2, -0.15) is 26.3 Å². The van der Waals surface area contributed by atoms with Gasteiger partial charge in [0.15, 0.2) is 9.84 Å². The first-order chi connectivity index (χ1) is 17.4. The number of aryl methyl sites for hydroxylation is 1. The number of hydrogen-bond donors (Lipinski definition) is 1. The van der Waals surface area contributed by atoms with Gasteiger partial charge in [-0.25, -0.2) is 17.2 Å². The average molecular weight is 571 g/mol. The van der Waals surface area contributed by atoms with Gasteiger partial charge in [0.1, 0.15) is 10.6 Å². The third-order valence-corrected chi connectivity index (χ3v) is 10.2. The molecule has 2 aliphatic rings. The summed E-state index contributed by atoms with van der Waals surface area (Å²) in [5, 5.41) is 0. The van der Waals surface area contributed by atoms with Crippen LogP contribution in [0.1, 0.15) is 36.5 Å². The summed E-state index contributed by atoms with van der Waals surface area (Å²) in [5.74, 6) is -1.50. The molecular weight excluding hydrogens is 548 g/mol. The van der Waals surface area contributed by atoms with E-state index >= 15 is 0 Å². The monoisotopic (exact) mass is 570 g/mol. The Morgan fingerprint density at radius 3 is 2.13 bits per heavy atom. The first-order valence-electron chi connectivity index (χ1n) is 11.4. The van der Waals surface area contributed by atoms with Crippen molar-refractivity contribution in [2.45, 2.75) is 65.9 Å². The van der Waals surface area contributed by atoms with Crippen molar-refractivity contribution in [1.82, 2.24) is 4.90 Å². The number of nitrogens with zero attached hydrogens (tertiary/aromatic N) is 1. The van der Waals surface area contributed by atoms with E-state index in [4.69, 9.17) is 5.73 Å². The molecule has 1 aliphatic carbocycles. The lowest BCUT2D eigenvalue weighted by Gasteiger charge is -2.44. The maximum atomic E-state index is 14.8. The number of benzene rings is 2. The van der Waals surface area contributed by atoms with Gasteiger partial charge in [-0.05, 0) is 61.6 Å². The highest BCUT2D eigenvalue weighted by molar-refractivity contribution is 7.92. The number of carbonyl (C=O) groups excluding carboxylic acids is 1. The zero-order valence-electron chi connectivity index (χ0n) is 19.7. The predicted molar refractivity (Wildman–Crippen MR) is 119 cm³/mol. The van der Waals surface area contributed by atoms with E-state index in [9.17, 15) is 48.3 Å². The molecule has 1 saturated heterocycles. The lowest BCUT2D eigenvalue weighted by molar-refractivity contribution is -0.348. The van der Waals surface area contributed by atoms with Crippen LogP contribution in [0.25, 0.3) is 0 Å². The van der Waals surface area contributed by atoms with Gasteiger partial charge in [0.05, 0.1) is 10.9 Å². The summed E-state index contributed by atoms with van der Waals surface area (Å²) < 4.78 is 135. The second-order valence-corrected chi connectivity index (χ2v) is 11.7. The first-order valence-corrected chi connectivity index (χ1v) is 12.9. The van der Waals surface area contributed by atoms with Gasteiger partial charge >= 0.3 is 18.0 Å². The first kappa shape index (κ1) is 28.3. The smallest absolute Gasteiger partial charge is 0.368 e. The largest absolute Gasteiger partial charge is 0.435 e. The molecule has 4 rings (SSSR count). The molecule has 2 aromatic carbocycles. The minimum absolute atomic E-state index is 0.00847. The third kappa shape index (κ3) is 3.90. The number of nitrogens with two attached hydrogens (primary N) is 1. The SMILES string of the molecule is CC(C(N)=O)N1CC[C@]2(S(=O)(=O)c3ccc(F)cc3)c3ccc(C(F)(C(F)(F)F)C(F)(F)F)cc3CC[C@H]12. The molecule has 1 unspecified atom stereocenters. The van der Waals surface area contributed by atoms with Crippen LogP contribution in [0.4, 0.5) is 35.1 Å². The van der Waals surface area contributed by atoms with Crippen molar-refractivity contribution < 1.29 is 48.3 Å². The van der Waals surface area contributed by atoms with Gasteiger partial charge in [0, 0.05) is 18.2 Å². The normalized spacial score (nSPS) is 23.6. The molecule has 0 spiro atoms. The third-order valence-electron chi connectivity index (χ3n) is 7.62. The molecule has 208 valence electrons. The summed E-state index contributed by atoms with van der Waals surface area (Å²) in [6.07, 6.45) is -13.2. The highest BCUT2D eigenvalue weighted by Gasteiger charge is 2.73. The number of rotatable bonds is 5. The summed E-state index contributed by atoms with van der Waals surface area (Å²) >= 11 is 0. The van der Waals surface area contributed by atoms with Crippen LogP contribution in [-0.4, -0.2) is 50.2 Å². The quantitative estimate of drug-likeness (QED) is 0.419. The van der Waals surface area contributed by atoms with Gasteiger partial charge in [0.25, 0.3) is 0 Å². The molecule has 0 bridgehead atoms. The summed E-state index contributed by atoms with van der Waals surface area (Å²) in [7, 11) is -4.49. The van der Waals surface area contributed by atoms with E-state index in [2.05, 4.69) is 0 Å². The van der Waals surface area contributed by atoms with E-state index in [0.29, 0.717) is 12.1 Å². The zero-order chi connectivity index (χ0) is 28.5. The molecule has 5 nitrogen and oxygen atoms in total. The van der Waals surface area contributed by atoms with Crippen LogP contribution in [0, 0.1) is 5.82 Å². The number of hydrogen-bond acceptors (Lipinski definition) is 4. The van der Waals surface area contributed by atoms with E-state index in [0.717, 1.165) is 30.3 Å². The topological polar surface area (TPSA) is 80.5 Å². The maximum Gasteiger partial charge on any atom is 0.435 e. The Morgan fingerprint density at radius 2 is 1.61 bits per heavy atom. The molecule has 3 atom stereocenters. The maximum absolute atomic E-state index is 14.8. The lowest BCUT2D eigenvalue weighted by atomic mass is 9.76. The molecule has 38 heavy (non-hydrogen) atoms. The second kappa shape index (κ2) is 8.90. The summed E-state index contributed by atoms with van der Waals surface area (Å²) in [6.45, 7) is 1.46. The van der Waals surface area contributed by atoms with Crippen LogP contribution in [0.5, 0.6) is 0 Å². The Kier molecular flexibility index (Phi) is 6.62. The van der Waals surface area contributed by atoms with E-state index in [1.807, 2.05) is 0 Å². The number of carbonyl (C=O) groups is 1. The number of primary amides is 1. The minimum atomic E-state index is -6.34. The van der Waals surface area contributed by atoms with Crippen molar-refractivity contribution in [3.05, 3.63) is 65.0 Å². The van der Waals surface area contributed by atoms with Crippen LogP contribution < -0.4 is 5.73 Å². The predicted octanol–water partition coefficient (Wildman–Crippen LogP) is 4.68. The van der Waals surface area contributed by atoms with Gasteiger partial charge in [-0.1, -0.05) is 18.2 Å². The Bertz CT molecular complexity index is 1340. The van der Waals surface area contributed by atoms with Crippen LogP contribution in [-0.2, 0) is 31.5 Å². The molecule has 1 aliphatic heterocycles. The zero-order valence-corrected chi connectivity index (χ0v) is 20.5. The summed E-state index contributed by atoms with van der Waals surface area (Å²) in [4.78, 5) is 13.1. The highest BCUT2D eigenvalue weighted by atomic mass is 32.2. The lowest BCUT2D eigenvalue weighted by Crippen LogP contribution is -2.55. The number of fused-ring (bicyclic) bond motifs is 3. The molecule has 0 aromatic heterocycles. The fourth-order valence-corrected chi connectivity index (χ4v) is 8.09. The van der Waals surface area contributed by atoms with Crippen molar-refractivity contribution in [3.63, 3.8) is 0 Å². The van der Waals surface area contributed by atoms with Crippen molar-refractivity contribution in [1.29, 1.82) is 0 Å². The molecular formula is C24H22F8N2O3S. The fraction of sp³-hybridized carbons (Fsp3) is 0.458. The van der Waals surface area contributed by atoms with Gasteiger partial charge in [0.2, 0.25) is 5.91 Å². The molecule has 0 saturated carbocycles. The second-order valence-electron chi connectivity index (χ2n) is 9.49. The highest BCUT2D eigenvalue weighted by Crippen LogP contribution is 2.56. The number of sulfone groups is 1. The van der Waals surface area contributed by atoms with Crippen LogP contribution in [0.15, 0.2) is 47.4 Å². The molecule has 1 fully saturated rings. The summed E-state index contributed by atoms with van der Waals surface area (Å²) in [6, 6.07) is 3.39. The molecule has 1 heterocycles. The Balaban J connectivity index is 1.97. The number of halogens is 8. The molecule has 2 N–H and O–H groups in total. The van der Waals surface area contributed by atoms with Gasteiger partial charge < -0.3 is 5.73 Å². The average Bonchev–Trinajstić information content (AvgIpc) is 3.23. The molecule has 14 heteroatoms. The van der Waals surface area contributed by atoms with E-state index in [1.54, 1.807) is 0 Å². The van der Waals surface area contributed by atoms with Crippen molar-refractivity contribution >= 4 is 15.7 Å². The van der Waals surface area contributed by atoms with E-state index in [1.165, 1.54) is 11.8 Å². The standard InChI is InChI=1S/C24H22F8N2O3S/c1-13(20(33)35)34-11-10-21(38(36,37)17-6-4-16(25)5-7-17)18-8-3-15(12-14(18)2-9-19(21)34)22(26,23(27,28)29)24(30,31)32/h3-8,12-13,19H,2,9-11H2,1H3,(H2,33,35)/t13?,19-,21-/m0/s1. The Morgan fingerprint density at radius 1 is 1.03 bits per heavy atom. The fourth-order valence-electron chi connectivity index (χ4n) is 5.72. The number of likely N-dealkylation sites (tertiary alicyclic amines) is 1. The Labute approximate surface area is 212 Å². The van der Waals surface area contributed by atoms with Crippen molar-refractivity contribution in [2.75, 3.05) is 6.54 Å². The van der Waals surface area contributed by atoms with Gasteiger partial charge in [-0.15, -0.1) is 0 Å². The molecule has 1 amide bonds. The molecule has 2 aromatic rings. The van der Waals surface area contributed by atoms with Crippen LogP contribution in [0.3, 0.4) is 0 Å². The van der Waals surface area contributed by atoms with Crippen molar-refractivity contribution in [3.8, 4) is 0 Å². The molecule has 0 radical (unpaired) electrons. The van der Waals surface area contributed by atoms with Crippen LogP contribution in [0.2, 0.25) is 0 Å². The minimum Gasteiger partial charge on any atom is -0.368 e. The van der Waals surface area contributed by atoms with E-state index in [-0.39, 0.29) is 41.8 Å².